The first-order chi connectivity index (χ1) is 11.8. The molecular formula is C18H15N3OS2. The number of hydrogen-bond donors (Lipinski definition) is 0. The molecule has 4 rings (SSSR count). The molecule has 0 bridgehead atoms. The molecule has 0 aliphatic carbocycles. The predicted molar refractivity (Wildman–Crippen MR) is 97.5 cm³/mol. The molecule has 0 spiro atoms. The largest absolute Gasteiger partial charge is 0.416 e. The molecule has 24 heavy (non-hydrogen) atoms. The zero-order valence-electron chi connectivity index (χ0n) is 13.1. The first-order valence-corrected chi connectivity index (χ1v) is 9.47. The normalized spacial score (nSPS) is 11.2. The number of fused-ring (bicyclic) bond motifs is 1. The van der Waals surface area contributed by atoms with Crippen LogP contribution in [0.1, 0.15) is 22.2 Å². The molecule has 0 aliphatic rings. The van der Waals surface area contributed by atoms with Gasteiger partial charge in [0.25, 0.3) is 5.22 Å². The maximum absolute atomic E-state index is 5.74. The molecule has 120 valence electrons. The van der Waals surface area contributed by atoms with Crippen LogP contribution in [0.25, 0.3) is 10.8 Å². The molecule has 0 radical (unpaired) electrons. The molecule has 0 saturated carbocycles. The second kappa shape index (κ2) is 6.75. The van der Waals surface area contributed by atoms with E-state index in [0.29, 0.717) is 17.5 Å². The van der Waals surface area contributed by atoms with Gasteiger partial charge in [-0.25, -0.2) is 4.98 Å². The van der Waals surface area contributed by atoms with Gasteiger partial charge >= 0.3 is 0 Å². The summed E-state index contributed by atoms with van der Waals surface area (Å²) in [6, 6.07) is 14.8. The molecule has 0 aliphatic heterocycles. The topological polar surface area (TPSA) is 51.8 Å². The maximum Gasteiger partial charge on any atom is 0.276 e. The smallest absolute Gasteiger partial charge is 0.276 e. The van der Waals surface area contributed by atoms with Crippen molar-refractivity contribution in [2.24, 2.45) is 0 Å². The van der Waals surface area contributed by atoms with Crippen molar-refractivity contribution in [1.82, 2.24) is 15.2 Å². The summed E-state index contributed by atoms with van der Waals surface area (Å²) in [6.07, 6.45) is 0.589. The molecule has 0 amide bonds. The highest BCUT2D eigenvalue weighted by molar-refractivity contribution is 7.98. The van der Waals surface area contributed by atoms with E-state index in [4.69, 9.17) is 4.42 Å². The lowest BCUT2D eigenvalue weighted by Gasteiger charge is -2.04. The zero-order chi connectivity index (χ0) is 16.4. The van der Waals surface area contributed by atoms with Gasteiger partial charge in [-0.2, -0.15) is 0 Å². The van der Waals surface area contributed by atoms with E-state index in [2.05, 4.69) is 57.6 Å². The molecule has 4 aromatic rings. The van der Waals surface area contributed by atoms with E-state index in [1.165, 1.54) is 16.3 Å². The minimum atomic E-state index is 0.589. The van der Waals surface area contributed by atoms with Crippen molar-refractivity contribution in [2.75, 3.05) is 0 Å². The van der Waals surface area contributed by atoms with Crippen LogP contribution < -0.4 is 0 Å². The van der Waals surface area contributed by atoms with Gasteiger partial charge in [0.05, 0.1) is 17.1 Å². The summed E-state index contributed by atoms with van der Waals surface area (Å²) in [5, 5.41) is 14.5. The summed E-state index contributed by atoms with van der Waals surface area (Å²) in [6.45, 7) is 1.99. The van der Waals surface area contributed by atoms with Crippen molar-refractivity contribution >= 4 is 33.9 Å². The summed E-state index contributed by atoms with van der Waals surface area (Å²) < 4.78 is 5.74. The molecular weight excluding hydrogens is 338 g/mol. The molecule has 0 N–H and O–H groups in total. The Morgan fingerprint density at radius 3 is 2.83 bits per heavy atom. The van der Waals surface area contributed by atoms with Crippen molar-refractivity contribution in [3.05, 3.63) is 70.0 Å². The van der Waals surface area contributed by atoms with E-state index in [1.54, 1.807) is 23.1 Å². The third-order valence-electron chi connectivity index (χ3n) is 3.68. The number of aromatic nitrogens is 3. The molecule has 2 heterocycles. The van der Waals surface area contributed by atoms with Crippen LogP contribution in [0.15, 0.2) is 57.5 Å². The maximum atomic E-state index is 5.74. The van der Waals surface area contributed by atoms with Gasteiger partial charge in [-0.3, -0.25) is 0 Å². The second-order valence-electron chi connectivity index (χ2n) is 5.42. The Bertz CT molecular complexity index is 972. The van der Waals surface area contributed by atoms with Crippen LogP contribution in [0.2, 0.25) is 0 Å². The van der Waals surface area contributed by atoms with Crippen LogP contribution in [0.3, 0.4) is 0 Å². The molecule has 4 nitrogen and oxygen atoms in total. The van der Waals surface area contributed by atoms with E-state index < -0.39 is 0 Å². The number of rotatable bonds is 5. The summed E-state index contributed by atoms with van der Waals surface area (Å²) in [7, 11) is 0. The number of aryl methyl sites for hydroxylation is 1. The summed E-state index contributed by atoms with van der Waals surface area (Å²) >= 11 is 3.20. The van der Waals surface area contributed by atoms with Gasteiger partial charge in [-0.15, -0.1) is 21.5 Å². The fourth-order valence-corrected chi connectivity index (χ4v) is 3.97. The Morgan fingerprint density at radius 1 is 1.08 bits per heavy atom. The number of thiazole rings is 1. The highest BCUT2D eigenvalue weighted by Gasteiger charge is 2.10. The highest BCUT2D eigenvalue weighted by Crippen LogP contribution is 2.27. The fraction of sp³-hybridized carbons (Fsp3) is 0.167. The third kappa shape index (κ3) is 3.34. The van der Waals surface area contributed by atoms with Crippen molar-refractivity contribution in [2.45, 2.75) is 24.3 Å². The quantitative estimate of drug-likeness (QED) is 0.479. The van der Waals surface area contributed by atoms with Gasteiger partial charge in [-0.05, 0) is 23.3 Å². The van der Waals surface area contributed by atoms with Crippen LogP contribution in [-0.2, 0) is 12.2 Å². The van der Waals surface area contributed by atoms with Crippen LogP contribution in [-0.4, -0.2) is 15.2 Å². The lowest BCUT2D eigenvalue weighted by atomic mass is 10.1. The van der Waals surface area contributed by atoms with Crippen LogP contribution in [0, 0.1) is 6.92 Å². The number of thioether (sulfide) groups is 1. The van der Waals surface area contributed by atoms with E-state index in [9.17, 15) is 0 Å². The lowest BCUT2D eigenvalue weighted by Crippen LogP contribution is -1.88. The van der Waals surface area contributed by atoms with Gasteiger partial charge in [-0.1, -0.05) is 54.2 Å². The van der Waals surface area contributed by atoms with Crippen molar-refractivity contribution in [3.8, 4) is 0 Å². The average Bonchev–Trinajstić information content (AvgIpc) is 3.22. The molecule has 6 heteroatoms. The number of hydrogen-bond acceptors (Lipinski definition) is 6. The first kappa shape index (κ1) is 15.4. The average molecular weight is 353 g/mol. The number of benzene rings is 2. The zero-order valence-corrected chi connectivity index (χ0v) is 14.7. The van der Waals surface area contributed by atoms with Gasteiger partial charge in [0, 0.05) is 11.1 Å². The summed E-state index contributed by atoms with van der Waals surface area (Å²) in [4.78, 5) is 4.43. The lowest BCUT2D eigenvalue weighted by molar-refractivity contribution is 0.419. The van der Waals surface area contributed by atoms with Crippen molar-refractivity contribution in [3.63, 3.8) is 0 Å². The first-order valence-electron chi connectivity index (χ1n) is 7.61. The Labute approximate surface area is 148 Å². The summed E-state index contributed by atoms with van der Waals surface area (Å²) in [5.41, 5.74) is 2.25. The minimum absolute atomic E-state index is 0.589. The van der Waals surface area contributed by atoms with Gasteiger partial charge in [0.2, 0.25) is 5.89 Å². The van der Waals surface area contributed by atoms with Crippen molar-refractivity contribution in [1.29, 1.82) is 0 Å². The van der Waals surface area contributed by atoms with E-state index in [0.717, 1.165) is 16.5 Å². The van der Waals surface area contributed by atoms with Gasteiger partial charge < -0.3 is 4.42 Å². The highest BCUT2D eigenvalue weighted by atomic mass is 32.2. The van der Waals surface area contributed by atoms with Crippen LogP contribution in [0.4, 0.5) is 0 Å². The van der Waals surface area contributed by atoms with E-state index in [-0.39, 0.29) is 0 Å². The SMILES string of the molecule is Cc1nc(Cc2nnc(SCc3cccc4ccccc34)o2)cs1. The van der Waals surface area contributed by atoms with E-state index in [1.807, 2.05) is 12.3 Å². The third-order valence-corrected chi connectivity index (χ3v) is 5.37. The van der Waals surface area contributed by atoms with Crippen LogP contribution >= 0.6 is 23.1 Å². The Kier molecular flexibility index (Phi) is 4.32. The predicted octanol–water partition coefficient (Wildman–Crippen LogP) is 4.87. The van der Waals surface area contributed by atoms with Crippen molar-refractivity contribution < 1.29 is 4.42 Å². The Balaban J connectivity index is 1.46. The van der Waals surface area contributed by atoms with Gasteiger partial charge in [0.15, 0.2) is 0 Å². The molecule has 0 atom stereocenters. The molecule has 0 fully saturated rings. The van der Waals surface area contributed by atoms with Gasteiger partial charge in [0.1, 0.15) is 0 Å². The Morgan fingerprint density at radius 2 is 1.96 bits per heavy atom. The molecule has 0 saturated heterocycles. The standard InChI is InChI=1S/C18H15N3OS2/c1-12-19-15(11-23-12)9-17-20-21-18(22-17)24-10-14-7-4-6-13-5-2-3-8-16(13)14/h2-8,11H,9-10H2,1H3. The molecule has 0 unspecified atom stereocenters. The number of nitrogens with zero attached hydrogens (tertiary/aromatic N) is 3. The fourth-order valence-electron chi connectivity index (χ4n) is 2.57. The monoisotopic (exact) mass is 353 g/mol. The van der Waals surface area contributed by atoms with Crippen LogP contribution in [0.5, 0.6) is 0 Å². The molecule has 2 aromatic heterocycles. The van der Waals surface area contributed by atoms with E-state index >= 15 is 0 Å². The Hall–Kier alpha value is -2.18. The summed E-state index contributed by atoms with van der Waals surface area (Å²) in [5.74, 6) is 1.42. The second-order valence-corrected chi connectivity index (χ2v) is 7.41. The minimum Gasteiger partial charge on any atom is -0.416 e. The molecule has 2 aromatic carbocycles.